The summed E-state index contributed by atoms with van der Waals surface area (Å²) in [6.07, 6.45) is 3.83. The van der Waals surface area contributed by atoms with Crippen molar-refractivity contribution in [3.63, 3.8) is 0 Å². The van der Waals surface area contributed by atoms with Gasteiger partial charge >= 0.3 is 0 Å². The van der Waals surface area contributed by atoms with Gasteiger partial charge in [0, 0.05) is 30.2 Å². The molecule has 0 saturated carbocycles. The van der Waals surface area contributed by atoms with Crippen LogP contribution in [0, 0.1) is 0 Å². The van der Waals surface area contributed by atoms with E-state index in [0.717, 1.165) is 28.8 Å². The van der Waals surface area contributed by atoms with Crippen LogP contribution in [-0.2, 0) is 13.0 Å². The third-order valence-electron chi connectivity index (χ3n) is 6.34. The molecule has 182 valence electrons. The van der Waals surface area contributed by atoms with Crippen LogP contribution >= 0.6 is 0 Å². The molecule has 4 aromatic rings. The van der Waals surface area contributed by atoms with Crippen molar-refractivity contribution < 1.29 is 14.3 Å². The lowest BCUT2D eigenvalue weighted by molar-refractivity contribution is 0.0935. The summed E-state index contributed by atoms with van der Waals surface area (Å²) in [6, 6.07) is 16.9. The number of hydrogen-bond acceptors (Lipinski definition) is 6. The van der Waals surface area contributed by atoms with E-state index in [-0.39, 0.29) is 11.9 Å². The minimum absolute atomic E-state index is 0.274. The van der Waals surface area contributed by atoms with Gasteiger partial charge < -0.3 is 21.1 Å². The molecule has 1 aliphatic heterocycles. The van der Waals surface area contributed by atoms with Crippen LogP contribution in [0.3, 0.4) is 0 Å². The first-order chi connectivity index (χ1) is 17.5. The molecule has 0 fully saturated rings. The number of carbonyl (C=O) groups excluding carboxylic acids is 2. The summed E-state index contributed by atoms with van der Waals surface area (Å²) in [5, 5.41) is 11.1. The van der Waals surface area contributed by atoms with Crippen LogP contribution in [0.5, 0.6) is 5.75 Å². The fraction of sp³-hybridized carbons (Fsp3) is 0.185. The molecule has 9 heteroatoms. The number of primary amides is 1. The molecule has 5 rings (SSSR count). The third kappa shape index (κ3) is 4.26. The van der Waals surface area contributed by atoms with E-state index in [0.29, 0.717) is 34.9 Å². The zero-order valence-electron chi connectivity index (χ0n) is 20.0. The Morgan fingerprint density at radius 1 is 1.14 bits per heavy atom. The highest BCUT2D eigenvalue weighted by atomic mass is 16.5. The van der Waals surface area contributed by atoms with Crippen molar-refractivity contribution in [2.45, 2.75) is 25.9 Å². The third-order valence-corrected chi connectivity index (χ3v) is 6.34. The fourth-order valence-electron chi connectivity index (χ4n) is 4.42. The molecule has 1 aliphatic rings. The van der Waals surface area contributed by atoms with Crippen molar-refractivity contribution in [3.05, 3.63) is 89.2 Å². The summed E-state index contributed by atoms with van der Waals surface area (Å²) in [6.45, 7) is 2.52. The summed E-state index contributed by atoms with van der Waals surface area (Å²) in [7, 11) is 1.51. The van der Waals surface area contributed by atoms with Gasteiger partial charge in [0.2, 0.25) is 0 Å². The molecule has 3 heterocycles. The minimum Gasteiger partial charge on any atom is -0.496 e. The van der Waals surface area contributed by atoms with Crippen molar-refractivity contribution in [1.29, 1.82) is 0 Å². The molecule has 0 saturated heterocycles. The van der Waals surface area contributed by atoms with Gasteiger partial charge in [-0.1, -0.05) is 42.5 Å². The molecule has 2 aromatic heterocycles. The Hall–Kier alpha value is -4.66. The topological polar surface area (TPSA) is 124 Å². The molecule has 36 heavy (non-hydrogen) atoms. The van der Waals surface area contributed by atoms with Crippen LogP contribution in [-0.4, -0.2) is 33.7 Å². The maximum Gasteiger partial charge on any atom is 0.257 e. The summed E-state index contributed by atoms with van der Waals surface area (Å²) < 4.78 is 7.06. The number of fused-ring (bicyclic) bond motifs is 2. The van der Waals surface area contributed by atoms with Crippen molar-refractivity contribution in [2.75, 3.05) is 12.4 Å². The number of anilines is 2. The molecular weight excluding hydrogens is 456 g/mol. The summed E-state index contributed by atoms with van der Waals surface area (Å²) in [5.41, 5.74) is 10.8. The van der Waals surface area contributed by atoms with Crippen molar-refractivity contribution in [1.82, 2.24) is 20.1 Å². The van der Waals surface area contributed by atoms with Gasteiger partial charge in [-0.3, -0.25) is 14.6 Å². The number of rotatable bonds is 6. The molecular formula is C27H26N6O3. The summed E-state index contributed by atoms with van der Waals surface area (Å²) >= 11 is 0. The highest BCUT2D eigenvalue weighted by molar-refractivity contribution is 6.04. The highest BCUT2D eigenvalue weighted by Gasteiger charge is 2.26. The lowest BCUT2D eigenvalue weighted by Crippen LogP contribution is -2.27. The zero-order valence-corrected chi connectivity index (χ0v) is 20.0. The number of nitrogens with one attached hydrogen (secondary N) is 2. The Morgan fingerprint density at radius 2 is 1.92 bits per heavy atom. The number of nitrogens with two attached hydrogens (primary N) is 1. The van der Waals surface area contributed by atoms with E-state index in [2.05, 4.69) is 21.7 Å². The van der Waals surface area contributed by atoms with Gasteiger partial charge in [0.05, 0.1) is 18.7 Å². The second-order valence-electron chi connectivity index (χ2n) is 8.58. The largest absolute Gasteiger partial charge is 0.496 e. The quantitative estimate of drug-likeness (QED) is 0.384. The molecule has 2 amide bonds. The molecule has 0 aliphatic carbocycles. The van der Waals surface area contributed by atoms with Gasteiger partial charge in [-0.2, -0.15) is 5.10 Å². The Kier molecular flexibility index (Phi) is 6.12. The van der Waals surface area contributed by atoms with Crippen molar-refractivity contribution in [2.24, 2.45) is 5.73 Å². The van der Waals surface area contributed by atoms with Crippen molar-refractivity contribution in [3.8, 4) is 17.0 Å². The van der Waals surface area contributed by atoms with Gasteiger partial charge in [0.15, 0.2) is 0 Å². The smallest absolute Gasteiger partial charge is 0.257 e. The number of benzene rings is 2. The fourth-order valence-corrected chi connectivity index (χ4v) is 4.42. The first-order valence-electron chi connectivity index (χ1n) is 11.6. The predicted molar refractivity (Wildman–Crippen MR) is 136 cm³/mol. The van der Waals surface area contributed by atoms with Crippen LogP contribution < -0.4 is 21.1 Å². The van der Waals surface area contributed by atoms with E-state index in [1.807, 2.05) is 49.4 Å². The molecule has 4 N–H and O–H groups in total. The second kappa shape index (κ2) is 9.53. The van der Waals surface area contributed by atoms with Gasteiger partial charge in [0.25, 0.3) is 11.8 Å². The number of para-hydroxylation sites is 1. The number of ether oxygens (including phenoxy) is 1. The molecule has 0 bridgehead atoms. The Morgan fingerprint density at radius 3 is 2.67 bits per heavy atom. The van der Waals surface area contributed by atoms with E-state index in [1.54, 1.807) is 16.9 Å². The summed E-state index contributed by atoms with van der Waals surface area (Å²) in [4.78, 5) is 29.3. The normalized spacial score (nSPS) is 12.9. The van der Waals surface area contributed by atoms with Crippen LogP contribution in [0.1, 0.15) is 44.8 Å². The lowest BCUT2D eigenvalue weighted by Gasteiger charge is -2.16. The highest BCUT2D eigenvalue weighted by Crippen LogP contribution is 2.34. The number of pyridine rings is 1. The van der Waals surface area contributed by atoms with Gasteiger partial charge in [-0.05, 0) is 36.6 Å². The average Bonchev–Trinajstić information content (AvgIpc) is 3.16. The van der Waals surface area contributed by atoms with E-state index in [4.69, 9.17) is 15.6 Å². The number of nitrogens with zero attached hydrogens (tertiary/aromatic N) is 3. The maximum atomic E-state index is 12.7. The monoisotopic (exact) mass is 482 g/mol. The van der Waals surface area contributed by atoms with Gasteiger partial charge in [0.1, 0.15) is 22.8 Å². The van der Waals surface area contributed by atoms with Gasteiger partial charge in [-0.15, -0.1) is 0 Å². The zero-order chi connectivity index (χ0) is 25.2. The SMILES string of the molecule is COc1ccncc1C(=O)NC(C)c1ccc(-c2nn3c(c2C(N)=O)Nc2ccccc2CC3)cc1. The molecule has 2 aromatic carbocycles. The van der Waals surface area contributed by atoms with Crippen LogP contribution in [0.15, 0.2) is 67.0 Å². The molecule has 1 unspecified atom stereocenters. The number of carbonyl (C=O) groups is 2. The number of hydrogen-bond donors (Lipinski definition) is 3. The summed E-state index contributed by atoms with van der Waals surface area (Å²) in [5.74, 6) is 0.224. The average molecular weight is 483 g/mol. The standard InChI is InChI=1S/C27H26N6O3/c1-16(30-27(35)20-15-29-13-11-22(20)36-2)17-7-9-19(10-8-17)24-23(25(28)34)26-31-21-6-4-3-5-18(21)12-14-33(26)32-24/h3-11,13,15-16,31H,12,14H2,1-2H3,(H2,28,34)(H,30,35). The predicted octanol–water partition coefficient (Wildman–Crippen LogP) is 3.84. The van der Waals surface area contributed by atoms with Crippen molar-refractivity contribution >= 4 is 23.3 Å². The van der Waals surface area contributed by atoms with E-state index < -0.39 is 5.91 Å². The van der Waals surface area contributed by atoms with E-state index >= 15 is 0 Å². The second-order valence-corrected chi connectivity index (χ2v) is 8.58. The Balaban J connectivity index is 1.40. The first-order valence-corrected chi connectivity index (χ1v) is 11.6. The van der Waals surface area contributed by atoms with Crippen LogP contribution in [0.4, 0.5) is 11.5 Å². The lowest BCUT2D eigenvalue weighted by atomic mass is 10.0. The van der Waals surface area contributed by atoms with E-state index in [9.17, 15) is 9.59 Å². The molecule has 0 spiro atoms. The molecule has 9 nitrogen and oxygen atoms in total. The number of amides is 2. The molecule has 0 radical (unpaired) electrons. The van der Waals surface area contributed by atoms with Crippen LogP contribution in [0.25, 0.3) is 11.3 Å². The molecule has 1 atom stereocenters. The van der Waals surface area contributed by atoms with Crippen LogP contribution in [0.2, 0.25) is 0 Å². The minimum atomic E-state index is -0.548. The first kappa shape index (κ1) is 23.1. The number of methoxy groups -OCH3 is 1. The number of aryl methyl sites for hydroxylation is 2. The van der Waals surface area contributed by atoms with Gasteiger partial charge in [-0.25, -0.2) is 4.68 Å². The Bertz CT molecular complexity index is 1440. The number of aromatic nitrogens is 3. The maximum absolute atomic E-state index is 12.7. The Labute approximate surface area is 208 Å². The van der Waals surface area contributed by atoms with E-state index in [1.165, 1.54) is 13.3 Å².